The van der Waals surface area contributed by atoms with E-state index >= 15 is 0 Å². The van der Waals surface area contributed by atoms with Crippen molar-refractivity contribution in [3.8, 4) is 0 Å². The fraction of sp³-hybridized carbons (Fsp3) is 0.727. The number of ether oxygens (including phenoxy) is 1. The Morgan fingerprint density at radius 3 is 3.23 bits per heavy atom. The first-order chi connectivity index (χ1) is 6.36. The first-order valence-corrected chi connectivity index (χ1v) is 5.13. The Morgan fingerprint density at radius 2 is 2.54 bits per heavy atom. The normalized spacial score (nSPS) is 23.2. The Labute approximate surface area is 80.7 Å². The number of nitrogens with zero attached hydrogens (tertiary/aromatic N) is 1. The Kier molecular flexibility index (Phi) is 4.58. The van der Waals surface area contributed by atoms with Gasteiger partial charge in [-0.3, -0.25) is 4.99 Å². The number of aliphatic imine (C=N–C) groups is 1. The molecular weight excluding hydrogens is 162 g/mol. The molecule has 1 aliphatic heterocycles. The third-order valence-electron chi connectivity index (χ3n) is 2.34. The Bertz CT molecular complexity index is 187. The average molecular weight is 181 g/mol. The van der Waals surface area contributed by atoms with E-state index in [1.165, 1.54) is 12.8 Å². The topological polar surface area (TPSA) is 21.6 Å². The van der Waals surface area contributed by atoms with Crippen LogP contribution in [0.4, 0.5) is 0 Å². The highest BCUT2D eigenvalue weighted by Crippen LogP contribution is 2.18. The van der Waals surface area contributed by atoms with Gasteiger partial charge >= 0.3 is 0 Å². The van der Waals surface area contributed by atoms with Crippen molar-refractivity contribution in [3.63, 3.8) is 0 Å². The lowest BCUT2D eigenvalue weighted by molar-refractivity contribution is 0.316. The van der Waals surface area contributed by atoms with E-state index in [0.717, 1.165) is 31.9 Å². The van der Waals surface area contributed by atoms with Gasteiger partial charge in [-0.15, -0.1) is 6.58 Å². The summed E-state index contributed by atoms with van der Waals surface area (Å²) in [6.45, 7) is 7.43. The molecule has 2 nitrogen and oxygen atoms in total. The van der Waals surface area contributed by atoms with Gasteiger partial charge in [0.2, 0.25) is 0 Å². The predicted molar refractivity (Wildman–Crippen MR) is 56.1 cm³/mol. The van der Waals surface area contributed by atoms with Crippen LogP contribution in [0.5, 0.6) is 0 Å². The van der Waals surface area contributed by atoms with Gasteiger partial charge in [0.05, 0.1) is 6.61 Å². The summed E-state index contributed by atoms with van der Waals surface area (Å²) >= 11 is 0. The van der Waals surface area contributed by atoms with Crippen LogP contribution in [0.2, 0.25) is 0 Å². The van der Waals surface area contributed by atoms with Crippen molar-refractivity contribution in [2.45, 2.75) is 32.6 Å². The van der Waals surface area contributed by atoms with Crippen LogP contribution in [0.1, 0.15) is 32.6 Å². The quantitative estimate of drug-likeness (QED) is 0.613. The lowest BCUT2D eigenvalue weighted by Crippen LogP contribution is -2.04. The maximum Gasteiger partial charge on any atom is 0.183 e. The Morgan fingerprint density at radius 1 is 1.69 bits per heavy atom. The molecular formula is C11H19NO. The molecule has 1 atom stereocenters. The van der Waals surface area contributed by atoms with Crippen LogP contribution in [0.3, 0.4) is 0 Å². The molecule has 0 saturated carbocycles. The van der Waals surface area contributed by atoms with Crippen molar-refractivity contribution in [1.82, 2.24) is 0 Å². The second-order valence-electron chi connectivity index (χ2n) is 3.45. The molecule has 1 rings (SSSR count). The molecule has 0 amide bonds. The van der Waals surface area contributed by atoms with Gasteiger partial charge in [-0.05, 0) is 32.1 Å². The van der Waals surface area contributed by atoms with Gasteiger partial charge in [0.1, 0.15) is 0 Å². The lowest BCUT2D eigenvalue weighted by atomic mass is 10.00. The van der Waals surface area contributed by atoms with Crippen LogP contribution >= 0.6 is 0 Å². The molecule has 0 bridgehead atoms. The summed E-state index contributed by atoms with van der Waals surface area (Å²) in [4.78, 5) is 4.46. The fourth-order valence-corrected chi connectivity index (χ4v) is 1.66. The van der Waals surface area contributed by atoms with Gasteiger partial charge in [-0.1, -0.05) is 6.08 Å². The van der Waals surface area contributed by atoms with Crippen molar-refractivity contribution >= 4 is 5.90 Å². The van der Waals surface area contributed by atoms with E-state index in [2.05, 4.69) is 11.6 Å². The van der Waals surface area contributed by atoms with Crippen LogP contribution in [0, 0.1) is 5.92 Å². The summed E-state index contributed by atoms with van der Waals surface area (Å²) in [5.41, 5.74) is 0. The van der Waals surface area contributed by atoms with E-state index in [1.807, 2.05) is 13.0 Å². The molecule has 0 N–H and O–H groups in total. The highest BCUT2D eigenvalue weighted by molar-refractivity contribution is 5.76. The SMILES string of the molecule is C=CCC1CCCC(OCC)=NC1. The van der Waals surface area contributed by atoms with Gasteiger partial charge in [0, 0.05) is 13.0 Å². The van der Waals surface area contributed by atoms with Crippen molar-refractivity contribution in [3.05, 3.63) is 12.7 Å². The number of rotatable bonds is 3. The van der Waals surface area contributed by atoms with Gasteiger partial charge in [-0.25, -0.2) is 0 Å². The largest absolute Gasteiger partial charge is 0.481 e. The van der Waals surface area contributed by atoms with Crippen LogP contribution < -0.4 is 0 Å². The van der Waals surface area contributed by atoms with Crippen molar-refractivity contribution in [1.29, 1.82) is 0 Å². The minimum Gasteiger partial charge on any atom is -0.481 e. The molecule has 0 aromatic rings. The first-order valence-electron chi connectivity index (χ1n) is 5.13. The molecule has 1 unspecified atom stereocenters. The molecule has 0 aromatic carbocycles. The highest BCUT2D eigenvalue weighted by atomic mass is 16.5. The molecule has 0 spiro atoms. The van der Waals surface area contributed by atoms with E-state index in [9.17, 15) is 0 Å². The van der Waals surface area contributed by atoms with Crippen LogP contribution in [-0.4, -0.2) is 19.0 Å². The Balaban J connectivity index is 2.39. The maximum atomic E-state index is 5.41. The third kappa shape index (κ3) is 3.62. The zero-order chi connectivity index (χ0) is 9.52. The van der Waals surface area contributed by atoms with E-state index < -0.39 is 0 Å². The molecule has 2 heteroatoms. The standard InChI is InChI=1S/C11H19NO/c1-3-6-10-7-5-8-11(12-9-10)13-4-2/h3,10H,1,4-9H2,2H3. The minimum atomic E-state index is 0.690. The third-order valence-corrected chi connectivity index (χ3v) is 2.34. The number of hydrogen-bond donors (Lipinski definition) is 0. The summed E-state index contributed by atoms with van der Waals surface area (Å²) in [6, 6.07) is 0. The van der Waals surface area contributed by atoms with Crippen LogP contribution in [-0.2, 0) is 4.74 Å². The zero-order valence-electron chi connectivity index (χ0n) is 8.46. The van der Waals surface area contributed by atoms with Crippen LogP contribution in [0.25, 0.3) is 0 Å². The second-order valence-corrected chi connectivity index (χ2v) is 3.45. The minimum absolute atomic E-state index is 0.690. The number of allylic oxidation sites excluding steroid dienone is 1. The van der Waals surface area contributed by atoms with Gasteiger partial charge < -0.3 is 4.74 Å². The molecule has 0 fully saturated rings. The lowest BCUT2D eigenvalue weighted by Gasteiger charge is -2.07. The number of hydrogen-bond acceptors (Lipinski definition) is 2. The van der Waals surface area contributed by atoms with E-state index in [0.29, 0.717) is 5.92 Å². The molecule has 0 radical (unpaired) electrons. The second kappa shape index (κ2) is 5.79. The van der Waals surface area contributed by atoms with Crippen molar-refractivity contribution in [2.75, 3.05) is 13.2 Å². The van der Waals surface area contributed by atoms with Crippen molar-refractivity contribution < 1.29 is 4.74 Å². The molecule has 0 aliphatic carbocycles. The first kappa shape index (κ1) is 10.3. The van der Waals surface area contributed by atoms with Gasteiger partial charge in [0.25, 0.3) is 0 Å². The maximum absolute atomic E-state index is 5.41. The fourth-order valence-electron chi connectivity index (χ4n) is 1.66. The average Bonchev–Trinajstić information content (AvgIpc) is 2.33. The summed E-state index contributed by atoms with van der Waals surface area (Å²) in [5.74, 6) is 1.64. The molecule has 13 heavy (non-hydrogen) atoms. The molecule has 0 saturated heterocycles. The Hall–Kier alpha value is -0.790. The van der Waals surface area contributed by atoms with E-state index in [-0.39, 0.29) is 0 Å². The zero-order valence-corrected chi connectivity index (χ0v) is 8.46. The molecule has 0 aromatic heterocycles. The molecule has 74 valence electrons. The summed E-state index contributed by atoms with van der Waals surface area (Å²) in [5, 5.41) is 0. The summed E-state index contributed by atoms with van der Waals surface area (Å²) in [6.07, 6.45) is 6.56. The predicted octanol–water partition coefficient (Wildman–Crippen LogP) is 2.80. The molecule has 1 aliphatic rings. The van der Waals surface area contributed by atoms with Crippen molar-refractivity contribution in [2.24, 2.45) is 10.9 Å². The van der Waals surface area contributed by atoms with Crippen LogP contribution in [0.15, 0.2) is 17.6 Å². The van der Waals surface area contributed by atoms with Gasteiger partial charge in [0.15, 0.2) is 5.90 Å². The summed E-state index contributed by atoms with van der Waals surface area (Å²) in [7, 11) is 0. The van der Waals surface area contributed by atoms with Gasteiger partial charge in [-0.2, -0.15) is 0 Å². The monoisotopic (exact) mass is 181 g/mol. The smallest absolute Gasteiger partial charge is 0.183 e. The summed E-state index contributed by atoms with van der Waals surface area (Å²) < 4.78 is 5.41. The van der Waals surface area contributed by atoms with E-state index in [4.69, 9.17) is 4.74 Å². The highest BCUT2D eigenvalue weighted by Gasteiger charge is 2.12. The molecule has 1 heterocycles. The van der Waals surface area contributed by atoms with E-state index in [1.54, 1.807) is 0 Å².